The molecule has 2 heterocycles. The standard InChI is InChI=1S/C28H32N2O4/c1-5-26(31)30-15-14-20-10-11-22(16-24(20)27(30)21-8-6-19(4)7-9-21)33-17-23-12-13-25(34-23)28(32)29-18(2)3/h6-13,16,18,27H,5,14-15,17H2,1-4H3,(H,29,32)/t27-/m0/s1. The van der Waals surface area contributed by atoms with Gasteiger partial charge in [-0.3, -0.25) is 9.59 Å². The predicted molar refractivity (Wildman–Crippen MR) is 131 cm³/mol. The summed E-state index contributed by atoms with van der Waals surface area (Å²) in [6.45, 7) is 8.68. The third kappa shape index (κ3) is 5.16. The Balaban J connectivity index is 1.57. The summed E-state index contributed by atoms with van der Waals surface area (Å²) in [5, 5.41) is 2.82. The van der Waals surface area contributed by atoms with Crippen molar-refractivity contribution in [3.8, 4) is 5.75 Å². The van der Waals surface area contributed by atoms with Crippen LogP contribution in [-0.2, 0) is 17.8 Å². The lowest BCUT2D eigenvalue weighted by molar-refractivity contribution is -0.132. The van der Waals surface area contributed by atoms with E-state index in [1.165, 1.54) is 11.1 Å². The zero-order valence-corrected chi connectivity index (χ0v) is 20.3. The van der Waals surface area contributed by atoms with Crippen LogP contribution in [0, 0.1) is 6.92 Å². The summed E-state index contributed by atoms with van der Waals surface area (Å²) in [6, 6.07) is 17.8. The van der Waals surface area contributed by atoms with Gasteiger partial charge in [-0.2, -0.15) is 0 Å². The van der Waals surface area contributed by atoms with E-state index in [1.54, 1.807) is 12.1 Å². The van der Waals surface area contributed by atoms with Crippen LogP contribution in [0.1, 0.15) is 71.8 Å². The smallest absolute Gasteiger partial charge is 0.287 e. The van der Waals surface area contributed by atoms with E-state index in [4.69, 9.17) is 9.15 Å². The lowest BCUT2D eigenvalue weighted by Gasteiger charge is -2.38. The first-order chi connectivity index (χ1) is 16.4. The Labute approximate surface area is 200 Å². The molecule has 3 aromatic rings. The van der Waals surface area contributed by atoms with E-state index in [1.807, 2.05) is 37.8 Å². The number of furan rings is 1. The van der Waals surface area contributed by atoms with Crippen LogP contribution in [0.15, 0.2) is 59.0 Å². The van der Waals surface area contributed by atoms with Crippen molar-refractivity contribution in [1.29, 1.82) is 0 Å². The number of ether oxygens (including phenoxy) is 1. The number of fused-ring (bicyclic) bond motifs is 1. The first kappa shape index (κ1) is 23.6. The number of hydrogen-bond acceptors (Lipinski definition) is 4. The lowest BCUT2D eigenvalue weighted by atomic mass is 9.87. The van der Waals surface area contributed by atoms with Crippen molar-refractivity contribution in [3.63, 3.8) is 0 Å². The van der Waals surface area contributed by atoms with E-state index in [0.29, 0.717) is 24.5 Å². The molecule has 34 heavy (non-hydrogen) atoms. The van der Waals surface area contributed by atoms with Crippen molar-refractivity contribution >= 4 is 11.8 Å². The molecule has 6 heteroatoms. The molecule has 0 bridgehead atoms. The molecular formula is C28H32N2O4. The van der Waals surface area contributed by atoms with Crippen LogP contribution in [0.25, 0.3) is 0 Å². The summed E-state index contributed by atoms with van der Waals surface area (Å²) in [6.07, 6.45) is 1.29. The number of carbonyl (C=O) groups excluding carboxylic acids is 2. The molecule has 2 aromatic carbocycles. The van der Waals surface area contributed by atoms with Crippen molar-refractivity contribution in [2.75, 3.05) is 6.54 Å². The number of rotatable bonds is 7. The highest BCUT2D eigenvalue weighted by molar-refractivity contribution is 5.91. The summed E-state index contributed by atoms with van der Waals surface area (Å²) in [5.74, 6) is 1.45. The fourth-order valence-corrected chi connectivity index (χ4v) is 4.33. The molecular weight excluding hydrogens is 428 g/mol. The number of amides is 2. The molecule has 178 valence electrons. The third-order valence-electron chi connectivity index (χ3n) is 6.05. The fourth-order valence-electron chi connectivity index (χ4n) is 4.33. The van der Waals surface area contributed by atoms with E-state index >= 15 is 0 Å². The van der Waals surface area contributed by atoms with E-state index in [-0.39, 0.29) is 36.3 Å². The molecule has 0 unspecified atom stereocenters. The van der Waals surface area contributed by atoms with E-state index < -0.39 is 0 Å². The van der Waals surface area contributed by atoms with Gasteiger partial charge in [0.15, 0.2) is 5.76 Å². The van der Waals surface area contributed by atoms with Gasteiger partial charge >= 0.3 is 0 Å². The molecule has 0 spiro atoms. The molecule has 0 saturated heterocycles. The molecule has 6 nitrogen and oxygen atoms in total. The largest absolute Gasteiger partial charge is 0.486 e. The zero-order valence-electron chi connectivity index (χ0n) is 20.3. The first-order valence-electron chi connectivity index (χ1n) is 11.9. The number of nitrogens with zero attached hydrogens (tertiary/aromatic N) is 1. The van der Waals surface area contributed by atoms with Crippen LogP contribution in [0.2, 0.25) is 0 Å². The van der Waals surface area contributed by atoms with Crippen LogP contribution in [-0.4, -0.2) is 29.3 Å². The number of carbonyl (C=O) groups is 2. The molecule has 1 aliphatic heterocycles. The number of aryl methyl sites for hydroxylation is 1. The fraction of sp³-hybridized carbons (Fsp3) is 0.357. The van der Waals surface area contributed by atoms with Crippen LogP contribution in [0.3, 0.4) is 0 Å². The molecule has 2 amide bonds. The highest BCUT2D eigenvalue weighted by Gasteiger charge is 2.31. The van der Waals surface area contributed by atoms with E-state index in [2.05, 4.69) is 42.6 Å². The highest BCUT2D eigenvalue weighted by Crippen LogP contribution is 2.37. The Morgan fingerprint density at radius 2 is 1.88 bits per heavy atom. The SMILES string of the molecule is CCC(=O)N1CCc2ccc(OCc3ccc(C(=O)NC(C)C)o3)cc2[C@@H]1c1ccc(C)cc1. The van der Waals surface area contributed by atoms with Crippen LogP contribution in [0.5, 0.6) is 5.75 Å². The lowest BCUT2D eigenvalue weighted by Crippen LogP contribution is -2.40. The maximum Gasteiger partial charge on any atom is 0.287 e. The summed E-state index contributed by atoms with van der Waals surface area (Å²) in [7, 11) is 0. The van der Waals surface area contributed by atoms with Gasteiger partial charge in [0.1, 0.15) is 18.1 Å². The maximum absolute atomic E-state index is 12.8. The van der Waals surface area contributed by atoms with Gasteiger partial charge in [0.05, 0.1) is 6.04 Å². The molecule has 1 N–H and O–H groups in total. The second-order valence-corrected chi connectivity index (χ2v) is 9.05. The van der Waals surface area contributed by atoms with E-state index in [9.17, 15) is 9.59 Å². The average molecular weight is 461 g/mol. The summed E-state index contributed by atoms with van der Waals surface area (Å²) >= 11 is 0. The molecule has 1 aliphatic rings. The van der Waals surface area contributed by atoms with Gasteiger partial charge in [-0.05, 0) is 68.1 Å². The van der Waals surface area contributed by atoms with Crippen LogP contribution in [0.4, 0.5) is 0 Å². The van der Waals surface area contributed by atoms with Gasteiger partial charge in [0.2, 0.25) is 5.91 Å². The number of hydrogen-bond donors (Lipinski definition) is 1. The molecule has 0 radical (unpaired) electrons. The molecule has 1 aromatic heterocycles. The van der Waals surface area contributed by atoms with Gasteiger partial charge in [0.25, 0.3) is 5.91 Å². The normalized spacial score (nSPS) is 15.2. The zero-order chi connectivity index (χ0) is 24.2. The second kappa shape index (κ2) is 10.2. The first-order valence-corrected chi connectivity index (χ1v) is 11.9. The second-order valence-electron chi connectivity index (χ2n) is 9.05. The molecule has 0 aliphatic carbocycles. The minimum absolute atomic E-state index is 0.0356. The quantitative estimate of drug-likeness (QED) is 0.527. The molecule has 1 atom stereocenters. The molecule has 0 fully saturated rings. The van der Waals surface area contributed by atoms with Gasteiger partial charge in [0, 0.05) is 19.0 Å². The Bertz CT molecular complexity index is 1160. The average Bonchev–Trinajstić information content (AvgIpc) is 3.31. The Morgan fingerprint density at radius 3 is 2.59 bits per heavy atom. The summed E-state index contributed by atoms with van der Waals surface area (Å²) in [5.41, 5.74) is 4.59. The van der Waals surface area contributed by atoms with E-state index in [0.717, 1.165) is 17.5 Å². The highest BCUT2D eigenvalue weighted by atomic mass is 16.5. The third-order valence-corrected chi connectivity index (χ3v) is 6.05. The topological polar surface area (TPSA) is 71.8 Å². The van der Waals surface area contributed by atoms with Crippen LogP contribution < -0.4 is 10.1 Å². The van der Waals surface area contributed by atoms with Crippen molar-refractivity contribution in [1.82, 2.24) is 10.2 Å². The summed E-state index contributed by atoms with van der Waals surface area (Å²) in [4.78, 5) is 26.9. The van der Waals surface area contributed by atoms with Crippen molar-refractivity contribution in [3.05, 3.63) is 88.4 Å². The molecule has 0 saturated carbocycles. The minimum Gasteiger partial charge on any atom is -0.486 e. The molecule has 4 rings (SSSR count). The Hall–Kier alpha value is -3.54. The number of benzene rings is 2. The van der Waals surface area contributed by atoms with Gasteiger partial charge in [-0.25, -0.2) is 0 Å². The monoisotopic (exact) mass is 460 g/mol. The predicted octanol–water partition coefficient (Wildman–Crippen LogP) is 5.19. The number of nitrogens with one attached hydrogen (secondary N) is 1. The van der Waals surface area contributed by atoms with Crippen molar-refractivity contribution in [2.45, 2.75) is 59.2 Å². The van der Waals surface area contributed by atoms with Crippen molar-refractivity contribution < 1.29 is 18.7 Å². The maximum atomic E-state index is 12.8. The van der Waals surface area contributed by atoms with Gasteiger partial charge in [-0.15, -0.1) is 0 Å². The van der Waals surface area contributed by atoms with Crippen LogP contribution >= 0.6 is 0 Å². The summed E-state index contributed by atoms with van der Waals surface area (Å²) < 4.78 is 11.7. The Kier molecular flexibility index (Phi) is 7.06. The Morgan fingerprint density at radius 1 is 1.12 bits per heavy atom. The minimum atomic E-state index is -0.239. The van der Waals surface area contributed by atoms with Gasteiger partial charge in [-0.1, -0.05) is 42.8 Å². The van der Waals surface area contributed by atoms with Crippen molar-refractivity contribution in [2.24, 2.45) is 0 Å². The van der Waals surface area contributed by atoms with Gasteiger partial charge < -0.3 is 19.4 Å².